The van der Waals surface area contributed by atoms with Crippen molar-refractivity contribution in [2.24, 2.45) is 0 Å². The Kier molecular flexibility index (Phi) is 3.85. The van der Waals surface area contributed by atoms with E-state index in [9.17, 15) is 0 Å². The van der Waals surface area contributed by atoms with E-state index in [1.54, 1.807) is 0 Å². The summed E-state index contributed by atoms with van der Waals surface area (Å²) in [5.74, 6) is 1.49. The summed E-state index contributed by atoms with van der Waals surface area (Å²) in [6, 6.07) is 27.7. The summed E-state index contributed by atoms with van der Waals surface area (Å²) in [5.41, 5.74) is 2.93. The average Bonchev–Trinajstić information content (AvgIpc) is 3.09. The fourth-order valence-electron chi connectivity index (χ4n) is 2.56. The Morgan fingerprint density at radius 3 is 1.96 bits per heavy atom. The lowest BCUT2D eigenvalue weighted by atomic mass is 10.2. The van der Waals surface area contributed by atoms with Gasteiger partial charge in [-0.2, -0.15) is 0 Å². The summed E-state index contributed by atoms with van der Waals surface area (Å²) in [4.78, 5) is 4.77. The molecule has 0 atom stereocenters. The molecule has 0 aliphatic heterocycles. The molecular formula is C20H14ClN3. The lowest BCUT2D eigenvalue weighted by molar-refractivity contribution is 0.890. The van der Waals surface area contributed by atoms with Crippen LogP contribution in [0.3, 0.4) is 0 Å². The van der Waals surface area contributed by atoms with Gasteiger partial charge >= 0.3 is 0 Å². The van der Waals surface area contributed by atoms with E-state index >= 15 is 0 Å². The van der Waals surface area contributed by atoms with Crippen molar-refractivity contribution in [3.63, 3.8) is 0 Å². The second-order valence-electron chi connectivity index (χ2n) is 5.38. The highest BCUT2D eigenvalue weighted by Crippen LogP contribution is 2.25. The van der Waals surface area contributed by atoms with E-state index in [-0.39, 0.29) is 0 Å². The Bertz CT molecular complexity index is 888. The van der Waals surface area contributed by atoms with Gasteiger partial charge in [-0.25, -0.2) is 9.67 Å². The number of nitrogens with zero attached hydrogens (tertiary/aromatic N) is 3. The van der Waals surface area contributed by atoms with E-state index in [0.717, 1.165) is 22.6 Å². The Hall–Kier alpha value is -2.91. The van der Waals surface area contributed by atoms with E-state index in [0.29, 0.717) is 10.8 Å². The molecular weight excluding hydrogens is 318 g/mol. The van der Waals surface area contributed by atoms with Crippen LogP contribution in [0.25, 0.3) is 28.5 Å². The number of hydrogen-bond donors (Lipinski definition) is 0. The third kappa shape index (κ3) is 2.82. The first-order valence-electron chi connectivity index (χ1n) is 7.65. The van der Waals surface area contributed by atoms with Crippen molar-refractivity contribution in [3.05, 3.63) is 90.0 Å². The van der Waals surface area contributed by atoms with Gasteiger partial charge in [-0.05, 0) is 36.4 Å². The number of rotatable bonds is 3. The van der Waals surface area contributed by atoms with Crippen molar-refractivity contribution in [2.75, 3.05) is 0 Å². The molecule has 4 rings (SSSR count). The second kappa shape index (κ2) is 6.30. The molecule has 0 aliphatic carbocycles. The van der Waals surface area contributed by atoms with Gasteiger partial charge in [0.1, 0.15) is 0 Å². The zero-order chi connectivity index (χ0) is 16.4. The minimum atomic E-state index is 0.675. The largest absolute Gasteiger partial charge is 0.213 e. The molecule has 116 valence electrons. The topological polar surface area (TPSA) is 30.7 Å². The van der Waals surface area contributed by atoms with Gasteiger partial charge < -0.3 is 0 Å². The predicted molar refractivity (Wildman–Crippen MR) is 97.2 cm³/mol. The van der Waals surface area contributed by atoms with Crippen molar-refractivity contribution < 1.29 is 0 Å². The Morgan fingerprint density at radius 2 is 1.29 bits per heavy atom. The Balaban J connectivity index is 1.89. The van der Waals surface area contributed by atoms with Crippen LogP contribution in [-0.2, 0) is 0 Å². The van der Waals surface area contributed by atoms with Crippen LogP contribution < -0.4 is 0 Å². The highest BCUT2D eigenvalue weighted by Gasteiger charge is 2.14. The van der Waals surface area contributed by atoms with E-state index in [2.05, 4.69) is 0 Å². The lowest BCUT2D eigenvalue weighted by Gasteiger charge is -2.05. The molecule has 3 aromatic carbocycles. The van der Waals surface area contributed by atoms with Crippen molar-refractivity contribution in [3.8, 4) is 28.5 Å². The van der Waals surface area contributed by atoms with Crippen LogP contribution in [0.5, 0.6) is 0 Å². The third-order valence-electron chi connectivity index (χ3n) is 3.74. The molecule has 0 saturated carbocycles. The van der Waals surface area contributed by atoms with Gasteiger partial charge in [-0.1, -0.05) is 60.1 Å². The molecule has 1 aromatic heterocycles. The maximum atomic E-state index is 5.98. The molecule has 4 aromatic rings. The third-order valence-corrected chi connectivity index (χ3v) is 3.99. The van der Waals surface area contributed by atoms with Crippen LogP contribution in [0.2, 0.25) is 5.02 Å². The van der Waals surface area contributed by atoms with Gasteiger partial charge in [0.05, 0.1) is 5.69 Å². The minimum Gasteiger partial charge on any atom is -0.213 e. The predicted octanol–water partition coefficient (Wildman–Crippen LogP) is 5.25. The molecule has 0 N–H and O–H groups in total. The highest BCUT2D eigenvalue weighted by atomic mass is 35.5. The molecule has 0 spiro atoms. The smallest absolute Gasteiger partial charge is 0.182 e. The van der Waals surface area contributed by atoms with Gasteiger partial charge in [0.2, 0.25) is 0 Å². The Morgan fingerprint density at radius 1 is 0.667 bits per heavy atom. The normalized spacial score (nSPS) is 10.7. The van der Waals surface area contributed by atoms with Crippen LogP contribution >= 0.6 is 11.6 Å². The molecule has 0 radical (unpaired) electrons. The molecule has 24 heavy (non-hydrogen) atoms. The quantitative estimate of drug-likeness (QED) is 0.513. The summed E-state index contributed by atoms with van der Waals surface area (Å²) < 4.78 is 1.87. The fraction of sp³-hybridized carbons (Fsp3) is 0. The molecule has 0 unspecified atom stereocenters. The summed E-state index contributed by atoms with van der Waals surface area (Å²) in [7, 11) is 0. The zero-order valence-electron chi connectivity index (χ0n) is 12.8. The molecule has 0 fully saturated rings. The van der Waals surface area contributed by atoms with Crippen LogP contribution in [0.15, 0.2) is 84.9 Å². The lowest BCUT2D eigenvalue weighted by Crippen LogP contribution is -1.99. The van der Waals surface area contributed by atoms with Gasteiger partial charge in [-0.3, -0.25) is 0 Å². The van der Waals surface area contributed by atoms with Gasteiger partial charge in [-0.15, -0.1) is 5.10 Å². The SMILES string of the molecule is Clc1ccc(-c2nc(-c3ccccc3)n(-c3ccccc3)n2)cc1. The first-order chi connectivity index (χ1) is 11.8. The first kappa shape index (κ1) is 14.7. The van der Waals surface area contributed by atoms with Crippen LogP contribution in [0.4, 0.5) is 0 Å². The molecule has 4 heteroatoms. The molecule has 0 aliphatic rings. The number of aromatic nitrogens is 3. The van der Waals surface area contributed by atoms with Gasteiger partial charge in [0, 0.05) is 16.1 Å². The maximum absolute atomic E-state index is 5.98. The molecule has 3 nitrogen and oxygen atoms in total. The molecule has 0 amide bonds. The fourth-order valence-corrected chi connectivity index (χ4v) is 2.68. The molecule has 0 saturated heterocycles. The summed E-state index contributed by atoms with van der Waals surface area (Å²) >= 11 is 5.98. The number of halogens is 1. The van der Waals surface area contributed by atoms with Crippen molar-refractivity contribution >= 4 is 11.6 Å². The molecule has 0 bridgehead atoms. The number of benzene rings is 3. The monoisotopic (exact) mass is 331 g/mol. The average molecular weight is 332 g/mol. The van der Waals surface area contributed by atoms with Gasteiger partial charge in [0.25, 0.3) is 0 Å². The Labute approximate surface area is 145 Å². The highest BCUT2D eigenvalue weighted by molar-refractivity contribution is 6.30. The molecule has 1 heterocycles. The number of para-hydroxylation sites is 1. The van der Waals surface area contributed by atoms with E-state index < -0.39 is 0 Å². The van der Waals surface area contributed by atoms with Crippen LogP contribution in [-0.4, -0.2) is 14.8 Å². The summed E-state index contributed by atoms with van der Waals surface area (Å²) in [6.45, 7) is 0. The van der Waals surface area contributed by atoms with E-state index in [4.69, 9.17) is 21.7 Å². The van der Waals surface area contributed by atoms with Crippen LogP contribution in [0.1, 0.15) is 0 Å². The van der Waals surface area contributed by atoms with Gasteiger partial charge in [0.15, 0.2) is 11.6 Å². The number of hydrogen-bond acceptors (Lipinski definition) is 2. The minimum absolute atomic E-state index is 0.675. The van der Waals surface area contributed by atoms with Crippen molar-refractivity contribution in [2.45, 2.75) is 0 Å². The van der Waals surface area contributed by atoms with E-state index in [1.165, 1.54) is 0 Å². The van der Waals surface area contributed by atoms with Crippen molar-refractivity contribution in [1.29, 1.82) is 0 Å². The summed E-state index contributed by atoms with van der Waals surface area (Å²) in [5, 5.41) is 5.42. The maximum Gasteiger partial charge on any atom is 0.182 e. The second-order valence-corrected chi connectivity index (χ2v) is 5.82. The van der Waals surface area contributed by atoms with Crippen molar-refractivity contribution in [1.82, 2.24) is 14.8 Å². The first-order valence-corrected chi connectivity index (χ1v) is 8.03. The summed E-state index contributed by atoms with van der Waals surface area (Å²) in [6.07, 6.45) is 0. The van der Waals surface area contributed by atoms with Crippen LogP contribution in [0, 0.1) is 0 Å². The zero-order valence-corrected chi connectivity index (χ0v) is 13.6. The van der Waals surface area contributed by atoms with E-state index in [1.807, 2.05) is 89.6 Å². The standard InChI is InChI=1S/C20H14ClN3/c21-17-13-11-15(12-14-17)19-22-20(16-7-3-1-4-8-16)24(23-19)18-9-5-2-6-10-18/h1-14H.